The van der Waals surface area contributed by atoms with Crippen LogP contribution in [0.1, 0.15) is 52.0 Å². The van der Waals surface area contributed by atoms with Gasteiger partial charge in [0.25, 0.3) is 17.4 Å². The van der Waals surface area contributed by atoms with Crippen molar-refractivity contribution in [1.29, 1.82) is 0 Å². The van der Waals surface area contributed by atoms with Gasteiger partial charge >= 0.3 is 12.4 Å². The number of nitrogens with zero attached hydrogens (tertiary/aromatic N) is 2. The van der Waals surface area contributed by atoms with Crippen LogP contribution in [-0.4, -0.2) is 34.7 Å². The van der Waals surface area contributed by atoms with E-state index in [1.807, 2.05) is 0 Å². The number of hydrogen-bond donors (Lipinski definition) is 1. The van der Waals surface area contributed by atoms with Crippen LogP contribution in [0.3, 0.4) is 0 Å². The first-order valence-corrected chi connectivity index (χ1v) is 10.9. The lowest BCUT2D eigenvalue weighted by Gasteiger charge is -2.35. The molecule has 2 aliphatic rings. The predicted octanol–water partition coefficient (Wildman–Crippen LogP) is 6.31. The van der Waals surface area contributed by atoms with Crippen molar-refractivity contribution >= 4 is 23.2 Å². The Labute approximate surface area is 207 Å². The van der Waals surface area contributed by atoms with Crippen molar-refractivity contribution in [3.63, 3.8) is 0 Å². The Morgan fingerprint density at radius 3 is 2.32 bits per heavy atom. The summed E-state index contributed by atoms with van der Waals surface area (Å²) in [5, 5.41) is 4.53. The van der Waals surface area contributed by atoms with E-state index in [0.717, 1.165) is 6.20 Å². The van der Waals surface area contributed by atoms with Crippen molar-refractivity contribution in [2.75, 3.05) is 0 Å². The largest absolute Gasteiger partial charge is 0.435 e. The number of alkyl halides is 8. The van der Waals surface area contributed by atoms with E-state index < -0.39 is 82.8 Å². The molecule has 0 saturated heterocycles. The van der Waals surface area contributed by atoms with Crippen molar-refractivity contribution in [3.8, 4) is 0 Å². The van der Waals surface area contributed by atoms with Crippen LogP contribution < -0.4 is 5.32 Å². The van der Waals surface area contributed by atoms with Gasteiger partial charge in [0, 0.05) is 36.2 Å². The molecule has 0 unspecified atom stereocenters. The van der Waals surface area contributed by atoms with Crippen LogP contribution in [0.15, 0.2) is 29.6 Å². The van der Waals surface area contributed by atoms with Crippen LogP contribution in [0, 0.1) is 12.7 Å². The van der Waals surface area contributed by atoms with E-state index in [1.165, 1.54) is 13.0 Å². The third-order valence-electron chi connectivity index (χ3n) is 6.03. The second-order valence-electron chi connectivity index (χ2n) is 8.77. The molecule has 1 saturated carbocycles. The number of nitrogens with one attached hydrogen (secondary N) is 1. The normalized spacial score (nSPS) is 21.8. The third kappa shape index (κ3) is 4.94. The molecule has 0 spiro atoms. The summed E-state index contributed by atoms with van der Waals surface area (Å²) in [7, 11) is 0. The first-order chi connectivity index (χ1) is 16.9. The highest BCUT2D eigenvalue weighted by molar-refractivity contribution is 6.30. The fourth-order valence-corrected chi connectivity index (χ4v) is 4.29. The SMILES string of the molecule is Cc1cc(C2=NO[C@@](c3cc(C(F)(F)F)cc(Cl)c3F)(C(F)(F)F)C2)cnc1C(=O)NC1CC(F)(F)C1. The summed E-state index contributed by atoms with van der Waals surface area (Å²) in [6.07, 6.45) is -11.9. The first kappa shape index (κ1) is 27.0. The van der Waals surface area contributed by atoms with Crippen molar-refractivity contribution in [2.45, 2.75) is 56.1 Å². The fourth-order valence-electron chi connectivity index (χ4n) is 4.07. The van der Waals surface area contributed by atoms with Crippen LogP contribution in [0.5, 0.6) is 0 Å². The number of aromatic nitrogens is 1. The van der Waals surface area contributed by atoms with Gasteiger partial charge in [-0.25, -0.2) is 13.2 Å². The van der Waals surface area contributed by atoms with Crippen LogP contribution in [0.2, 0.25) is 5.02 Å². The van der Waals surface area contributed by atoms with Crippen LogP contribution in [0.4, 0.5) is 39.5 Å². The summed E-state index contributed by atoms with van der Waals surface area (Å²) in [6.45, 7) is 1.38. The van der Waals surface area contributed by atoms with Gasteiger partial charge in [-0.05, 0) is 30.7 Å². The van der Waals surface area contributed by atoms with E-state index in [0.29, 0.717) is 0 Å². The number of oxime groups is 1. The van der Waals surface area contributed by atoms with E-state index >= 15 is 0 Å². The minimum absolute atomic E-state index is 0.0337. The molecule has 200 valence electrons. The number of amides is 1. The monoisotopic (exact) mass is 559 g/mol. The lowest BCUT2D eigenvalue weighted by molar-refractivity contribution is -0.276. The summed E-state index contributed by atoms with van der Waals surface area (Å²) in [5.41, 5.74) is -7.32. The number of pyridine rings is 1. The molecule has 4 rings (SSSR count). The molecule has 37 heavy (non-hydrogen) atoms. The van der Waals surface area contributed by atoms with Crippen LogP contribution >= 0.6 is 11.6 Å². The second-order valence-corrected chi connectivity index (χ2v) is 9.18. The lowest BCUT2D eigenvalue weighted by atomic mass is 9.85. The molecular formula is C22H15ClF9N3O2. The number of carbonyl (C=O) groups excluding carboxylic acids is 1. The molecule has 2 aromatic rings. The minimum Gasteiger partial charge on any atom is -0.374 e. The Hall–Kier alpha value is -3.03. The number of carbonyl (C=O) groups is 1. The second kappa shape index (κ2) is 8.77. The Balaban J connectivity index is 1.63. The summed E-state index contributed by atoms with van der Waals surface area (Å²) < 4.78 is 123. The van der Waals surface area contributed by atoms with Gasteiger partial charge in [0.05, 0.1) is 22.7 Å². The highest BCUT2D eigenvalue weighted by atomic mass is 35.5. The van der Waals surface area contributed by atoms with E-state index in [-0.39, 0.29) is 29.0 Å². The van der Waals surface area contributed by atoms with Crippen molar-refractivity contribution < 1.29 is 49.1 Å². The molecule has 1 aromatic carbocycles. The summed E-state index contributed by atoms with van der Waals surface area (Å²) in [4.78, 5) is 20.8. The molecule has 15 heteroatoms. The van der Waals surface area contributed by atoms with E-state index in [4.69, 9.17) is 11.6 Å². The maximum absolute atomic E-state index is 14.7. The summed E-state index contributed by atoms with van der Waals surface area (Å²) in [6, 6.07) is 0.566. The van der Waals surface area contributed by atoms with Gasteiger partial charge in [-0.3, -0.25) is 9.78 Å². The molecule has 1 aliphatic carbocycles. The smallest absolute Gasteiger partial charge is 0.374 e. The molecule has 2 heterocycles. The summed E-state index contributed by atoms with van der Waals surface area (Å²) in [5.74, 6) is -5.41. The molecule has 1 aromatic heterocycles. The maximum atomic E-state index is 14.7. The molecule has 1 N–H and O–H groups in total. The highest BCUT2D eigenvalue weighted by Crippen LogP contribution is 2.51. The highest BCUT2D eigenvalue weighted by Gasteiger charge is 2.64. The van der Waals surface area contributed by atoms with Gasteiger partial charge in [0.15, 0.2) is 0 Å². The van der Waals surface area contributed by atoms with Crippen molar-refractivity contribution in [3.05, 3.63) is 63.2 Å². The quantitative estimate of drug-likeness (QED) is 0.447. The molecule has 5 nitrogen and oxygen atoms in total. The Bertz CT molecular complexity index is 1290. The number of aryl methyl sites for hydroxylation is 1. The zero-order valence-electron chi connectivity index (χ0n) is 18.5. The predicted molar refractivity (Wildman–Crippen MR) is 111 cm³/mol. The molecule has 1 aliphatic heterocycles. The molecule has 1 fully saturated rings. The van der Waals surface area contributed by atoms with Gasteiger partial charge in [0.2, 0.25) is 0 Å². The molecule has 0 radical (unpaired) electrons. The van der Waals surface area contributed by atoms with Gasteiger partial charge in [0.1, 0.15) is 11.5 Å². The zero-order chi connectivity index (χ0) is 27.6. The number of benzene rings is 1. The molecule has 1 amide bonds. The topological polar surface area (TPSA) is 63.6 Å². The molecule has 1 atom stereocenters. The van der Waals surface area contributed by atoms with Gasteiger partial charge in [-0.15, -0.1) is 0 Å². The first-order valence-electron chi connectivity index (χ1n) is 10.5. The van der Waals surface area contributed by atoms with Gasteiger partial charge in [-0.2, -0.15) is 26.3 Å². The Kier molecular flexibility index (Phi) is 6.41. The Morgan fingerprint density at radius 1 is 1.14 bits per heavy atom. The van der Waals surface area contributed by atoms with Crippen molar-refractivity contribution in [1.82, 2.24) is 10.3 Å². The molecular weight excluding hydrogens is 545 g/mol. The lowest BCUT2D eigenvalue weighted by Crippen LogP contribution is -2.50. The zero-order valence-corrected chi connectivity index (χ0v) is 19.3. The van der Waals surface area contributed by atoms with E-state index in [9.17, 15) is 44.3 Å². The van der Waals surface area contributed by atoms with Crippen LogP contribution in [-0.2, 0) is 16.6 Å². The van der Waals surface area contributed by atoms with Crippen LogP contribution in [0.25, 0.3) is 0 Å². The van der Waals surface area contributed by atoms with Gasteiger partial charge in [-0.1, -0.05) is 16.8 Å². The maximum Gasteiger partial charge on any atom is 0.435 e. The third-order valence-corrected chi connectivity index (χ3v) is 6.30. The fraction of sp³-hybridized carbons (Fsp3) is 0.409. The average molecular weight is 560 g/mol. The molecule has 0 bridgehead atoms. The number of rotatable bonds is 4. The average Bonchev–Trinajstić information content (AvgIpc) is 3.20. The van der Waals surface area contributed by atoms with E-state index in [1.54, 1.807) is 0 Å². The van der Waals surface area contributed by atoms with Crippen molar-refractivity contribution in [2.24, 2.45) is 5.16 Å². The number of halogens is 10. The Morgan fingerprint density at radius 2 is 1.78 bits per heavy atom. The number of hydrogen-bond acceptors (Lipinski definition) is 4. The standard InChI is InChI=1S/C22H15ClF9N3O2/c1-9-2-10(8-33-17(9)18(36)34-12-5-19(25,26)6-12)15-7-20(37-35-15,22(30,31)32)13-3-11(21(27,28)29)4-14(23)16(13)24/h2-4,8,12H,5-7H2,1H3,(H,34,36)/t20-/m0/s1. The minimum atomic E-state index is -5.43. The summed E-state index contributed by atoms with van der Waals surface area (Å²) >= 11 is 5.48. The van der Waals surface area contributed by atoms with Gasteiger partial charge < -0.3 is 10.2 Å². The van der Waals surface area contributed by atoms with E-state index in [2.05, 4.69) is 20.3 Å².